The number of anilines is 1. The molecule has 2 heterocycles. The summed E-state index contributed by atoms with van der Waals surface area (Å²) in [6, 6.07) is 15.6. The van der Waals surface area contributed by atoms with Gasteiger partial charge in [0.25, 0.3) is 5.91 Å². The first-order valence-electron chi connectivity index (χ1n) is 10.8. The van der Waals surface area contributed by atoms with Crippen LogP contribution in [0, 0.1) is 5.82 Å². The van der Waals surface area contributed by atoms with E-state index >= 15 is 0 Å². The number of carbonyl (C=O) groups is 2. The molecule has 8 nitrogen and oxygen atoms in total. The van der Waals surface area contributed by atoms with Gasteiger partial charge in [0.1, 0.15) is 5.82 Å². The number of ether oxygens (including phenoxy) is 2. The summed E-state index contributed by atoms with van der Waals surface area (Å²) in [5, 5.41) is 4.30. The number of piperazine rings is 1. The van der Waals surface area contributed by atoms with Crippen LogP contribution in [0.25, 0.3) is 5.69 Å². The van der Waals surface area contributed by atoms with E-state index in [1.807, 2.05) is 30.3 Å². The van der Waals surface area contributed by atoms with Crippen molar-refractivity contribution in [2.24, 2.45) is 0 Å². The molecule has 172 valence electrons. The first-order valence-corrected chi connectivity index (χ1v) is 10.8. The molecule has 1 aromatic heterocycles. The number of nitrogens with zero attached hydrogens (tertiary/aromatic N) is 4. The highest BCUT2D eigenvalue weighted by Crippen LogP contribution is 2.22. The average molecular weight is 452 g/mol. The molecule has 1 aliphatic rings. The van der Waals surface area contributed by atoms with Crippen LogP contribution < -0.4 is 9.64 Å². The molecule has 0 unspecified atom stereocenters. The Morgan fingerprint density at radius 2 is 1.67 bits per heavy atom. The molecule has 0 atom stereocenters. The van der Waals surface area contributed by atoms with Crippen molar-refractivity contribution in [3.63, 3.8) is 0 Å². The van der Waals surface area contributed by atoms with Gasteiger partial charge in [0.2, 0.25) is 5.69 Å². The maximum atomic E-state index is 13.1. The molecular formula is C24H25FN4O4. The summed E-state index contributed by atoms with van der Waals surface area (Å²) < 4.78 is 25.5. The molecule has 4 rings (SSSR count). The molecule has 33 heavy (non-hydrogen) atoms. The predicted molar refractivity (Wildman–Crippen MR) is 120 cm³/mol. The van der Waals surface area contributed by atoms with Crippen LogP contribution in [0.15, 0.2) is 60.8 Å². The van der Waals surface area contributed by atoms with Crippen molar-refractivity contribution in [2.75, 3.05) is 44.3 Å². The number of carbonyl (C=O) groups excluding carboxylic acids is 2. The molecule has 0 saturated carbocycles. The molecule has 1 fully saturated rings. The number of benzene rings is 2. The minimum Gasteiger partial charge on any atom is -0.480 e. The largest absolute Gasteiger partial charge is 0.480 e. The lowest BCUT2D eigenvalue weighted by atomic mass is 10.2. The van der Waals surface area contributed by atoms with E-state index < -0.39 is 5.97 Å². The smallest absolute Gasteiger partial charge is 0.362 e. The van der Waals surface area contributed by atoms with Gasteiger partial charge in [-0.3, -0.25) is 4.79 Å². The second kappa shape index (κ2) is 10.2. The Balaban J connectivity index is 1.39. The minimum absolute atomic E-state index is 0.0228. The zero-order valence-electron chi connectivity index (χ0n) is 18.3. The van der Waals surface area contributed by atoms with Crippen LogP contribution >= 0.6 is 0 Å². The Morgan fingerprint density at radius 1 is 0.970 bits per heavy atom. The van der Waals surface area contributed by atoms with E-state index in [9.17, 15) is 14.0 Å². The van der Waals surface area contributed by atoms with Crippen molar-refractivity contribution in [1.82, 2.24) is 14.7 Å². The molecule has 0 spiro atoms. The Labute approximate surface area is 191 Å². The topological polar surface area (TPSA) is 76.9 Å². The first-order chi connectivity index (χ1) is 16.0. The van der Waals surface area contributed by atoms with Crippen LogP contribution in [0.1, 0.15) is 17.4 Å². The van der Waals surface area contributed by atoms with Crippen LogP contribution in [-0.4, -0.2) is 65.9 Å². The third-order valence-electron chi connectivity index (χ3n) is 5.35. The molecule has 2 aromatic carbocycles. The lowest BCUT2D eigenvalue weighted by molar-refractivity contribution is -0.133. The first kappa shape index (κ1) is 22.3. The molecular weight excluding hydrogens is 427 g/mol. The normalized spacial score (nSPS) is 13.6. The number of esters is 1. The quantitative estimate of drug-likeness (QED) is 0.513. The second-order valence-corrected chi connectivity index (χ2v) is 7.48. The van der Waals surface area contributed by atoms with Crippen LogP contribution in [0.3, 0.4) is 0 Å². The van der Waals surface area contributed by atoms with Gasteiger partial charge in [0, 0.05) is 31.9 Å². The monoisotopic (exact) mass is 452 g/mol. The summed E-state index contributed by atoms with van der Waals surface area (Å²) in [5.41, 5.74) is 1.70. The Bertz CT molecular complexity index is 1090. The summed E-state index contributed by atoms with van der Waals surface area (Å²) in [7, 11) is 0. The van der Waals surface area contributed by atoms with Gasteiger partial charge >= 0.3 is 5.97 Å². The molecule has 9 heteroatoms. The van der Waals surface area contributed by atoms with E-state index in [1.165, 1.54) is 16.8 Å². The summed E-state index contributed by atoms with van der Waals surface area (Å²) in [6.45, 7) is 4.01. The fourth-order valence-corrected chi connectivity index (χ4v) is 3.61. The van der Waals surface area contributed by atoms with Gasteiger partial charge in [-0.15, -0.1) is 0 Å². The highest BCUT2D eigenvalue weighted by atomic mass is 19.1. The van der Waals surface area contributed by atoms with Crippen molar-refractivity contribution in [1.29, 1.82) is 0 Å². The zero-order chi connectivity index (χ0) is 23.2. The van der Waals surface area contributed by atoms with E-state index in [4.69, 9.17) is 9.47 Å². The number of halogens is 1. The van der Waals surface area contributed by atoms with Crippen LogP contribution in [0.2, 0.25) is 0 Å². The molecule has 3 aromatic rings. The molecule has 0 bridgehead atoms. The molecule has 1 amide bonds. The third-order valence-corrected chi connectivity index (χ3v) is 5.35. The van der Waals surface area contributed by atoms with Gasteiger partial charge < -0.3 is 19.3 Å². The van der Waals surface area contributed by atoms with Gasteiger partial charge in [-0.1, -0.05) is 18.2 Å². The summed E-state index contributed by atoms with van der Waals surface area (Å²) in [5.74, 6) is -0.878. The van der Waals surface area contributed by atoms with E-state index in [0.717, 1.165) is 11.4 Å². The Hall–Kier alpha value is -3.88. The maximum absolute atomic E-state index is 13.1. The number of amides is 1. The number of para-hydroxylation sites is 1. The van der Waals surface area contributed by atoms with Gasteiger partial charge in [0.15, 0.2) is 12.4 Å². The summed E-state index contributed by atoms with van der Waals surface area (Å²) >= 11 is 0. The van der Waals surface area contributed by atoms with E-state index in [-0.39, 0.29) is 36.4 Å². The predicted octanol–water partition coefficient (Wildman–Crippen LogP) is 2.92. The fraction of sp³-hybridized carbons (Fsp3) is 0.292. The number of hydrogen-bond acceptors (Lipinski definition) is 6. The lowest BCUT2D eigenvalue weighted by Crippen LogP contribution is -2.50. The highest BCUT2D eigenvalue weighted by molar-refractivity contribution is 5.90. The standard InChI is InChI=1S/C24H25FN4O4/c1-2-32-24(31)23-21(16-29(26-23)20-6-4-3-5-7-20)33-17-22(30)28-14-12-27(13-15-28)19-10-8-18(25)9-11-19/h3-11,16H,2,12-15,17H2,1H3. The number of rotatable bonds is 7. The SMILES string of the molecule is CCOC(=O)c1nn(-c2ccccc2)cc1OCC(=O)N1CCN(c2ccc(F)cc2)CC1. The fourth-order valence-electron chi connectivity index (χ4n) is 3.61. The molecule has 0 radical (unpaired) electrons. The Kier molecular flexibility index (Phi) is 6.87. The summed E-state index contributed by atoms with van der Waals surface area (Å²) in [4.78, 5) is 28.9. The number of hydrogen-bond donors (Lipinski definition) is 0. The van der Waals surface area contributed by atoms with Crippen molar-refractivity contribution in [2.45, 2.75) is 6.92 Å². The van der Waals surface area contributed by atoms with Crippen molar-refractivity contribution >= 4 is 17.6 Å². The lowest BCUT2D eigenvalue weighted by Gasteiger charge is -2.36. The van der Waals surface area contributed by atoms with Crippen molar-refractivity contribution < 1.29 is 23.5 Å². The van der Waals surface area contributed by atoms with Crippen LogP contribution in [0.5, 0.6) is 5.75 Å². The molecule has 1 saturated heterocycles. The van der Waals surface area contributed by atoms with Crippen molar-refractivity contribution in [3.8, 4) is 11.4 Å². The third kappa shape index (κ3) is 5.31. The minimum atomic E-state index is -0.609. The van der Waals surface area contributed by atoms with Gasteiger partial charge in [-0.05, 0) is 43.3 Å². The van der Waals surface area contributed by atoms with E-state index in [2.05, 4.69) is 10.00 Å². The molecule has 0 N–H and O–H groups in total. The van der Waals surface area contributed by atoms with E-state index in [0.29, 0.717) is 26.2 Å². The zero-order valence-corrected chi connectivity index (χ0v) is 18.3. The second-order valence-electron chi connectivity index (χ2n) is 7.48. The maximum Gasteiger partial charge on any atom is 0.362 e. The van der Waals surface area contributed by atoms with Crippen molar-refractivity contribution in [3.05, 3.63) is 72.3 Å². The summed E-state index contributed by atoms with van der Waals surface area (Å²) in [6.07, 6.45) is 1.57. The van der Waals surface area contributed by atoms with Gasteiger partial charge in [-0.2, -0.15) is 5.10 Å². The number of aromatic nitrogens is 2. The Morgan fingerprint density at radius 3 is 2.33 bits per heavy atom. The average Bonchev–Trinajstić information content (AvgIpc) is 3.28. The van der Waals surface area contributed by atoms with Gasteiger partial charge in [0.05, 0.1) is 18.5 Å². The van der Waals surface area contributed by atoms with E-state index in [1.54, 1.807) is 30.2 Å². The highest BCUT2D eigenvalue weighted by Gasteiger charge is 2.24. The molecule has 0 aliphatic carbocycles. The van der Waals surface area contributed by atoms with Gasteiger partial charge in [-0.25, -0.2) is 13.9 Å². The van der Waals surface area contributed by atoms with Crippen LogP contribution in [0.4, 0.5) is 10.1 Å². The molecule has 1 aliphatic heterocycles. The van der Waals surface area contributed by atoms with Crippen LogP contribution in [-0.2, 0) is 9.53 Å².